The van der Waals surface area contributed by atoms with E-state index in [1.807, 2.05) is 72.8 Å². The first-order valence-corrected chi connectivity index (χ1v) is 17.0. The Labute approximate surface area is 293 Å². The summed E-state index contributed by atoms with van der Waals surface area (Å²) < 4.78 is 31.5. The molecule has 1 aromatic heterocycles. The molecule has 1 aliphatic rings. The topological polar surface area (TPSA) is 25.8 Å². The lowest BCUT2D eigenvalue weighted by Gasteiger charge is -2.16. The van der Waals surface area contributed by atoms with Crippen LogP contribution in [0, 0.1) is 0 Å². The first-order valence-electron chi connectivity index (χ1n) is 17.0. The molecule has 0 radical (unpaired) electrons. The molecule has 0 bridgehead atoms. The summed E-state index contributed by atoms with van der Waals surface area (Å²) in [7, 11) is 0. The number of alkyl halides is 2. The molecule has 240 valence electrons. The lowest BCUT2D eigenvalue weighted by Crippen LogP contribution is -2.10. The summed E-state index contributed by atoms with van der Waals surface area (Å²) in [5.41, 5.74) is 7.42. The van der Waals surface area contributed by atoms with Gasteiger partial charge < -0.3 is 0 Å². The smallest absolute Gasteiger partial charge is 0.228 e. The van der Waals surface area contributed by atoms with Gasteiger partial charge in [-0.1, -0.05) is 140 Å². The summed E-state index contributed by atoms with van der Waals surface area (Å²) in [6.45, 7) is 0. The van der Waals surface area contributed by atoms with Crippen LogP contribution < -0.4 is 0 Å². The van der Waals surface area contributed by atoms with Gasteiger partial charge in [0.2, 0.25) is 0 Å². The number of halogens is 2. The molecule has 0 spiro atoms. The van der Waals surface area contributed by atoms with E-state index in [1.54, 1.807) is 18.2 Å². The number of hydrogen-bond donors (Lipinski definition) is 0. The van der Waals surface area contributed by atoms with Gasteiger partial charge in [-0.15, -0.1) is 0 Å². The van der Waals surface area contributed by atoms with Crippen LogP contribution in [0.1, 0.15) is 11.1 Å². The van der Waals surface area contributed by atoms with Gasteiger partial charge in [-0.05, 0) is 84.9 Å². The molecule has 8 aromatic carbocycles. The van der Waals surface area contributed by atoms with Crippen LogP contribution >= 0.6 is 0 Å². The quantitative estimate of drug-likeness (QED) is 0.188. The van der Waals surface area contributed by atoms with E-state index in [0.717, 1.165) is 60.8 Å². The summed E-state index contributed by atoms with van der Waals surface area (Å²) in [6, 6.07) is 55.9. The molecule has 10 rings (SSSR count). The van der Waals surface area contributed by atoms with Gasteiger partial charge in [0, 0.05) is 27.8 Å². The SMILES string of the molecule is FC1(F)c2ccccc2-c2ccc(-c3ccc(-c4nc(-c5ccc6ccccc6c5)cc(-c5ccc6ccccc6c5)n4)c4ccccc34)cc21. The van der Waals surface area contributed by atoms with Gasteiger partial charge in [-0.2, -0.15) is 8.78 Å². The van der Waals surface area contributed by atoms with Crippen LogP contribution in [-0.2, 0) is 5.92 Å². The molecule has 9 aromatic rings. The van der Waals surface area contributed by atoms with E-state index in [-0.39, 0.29) is 11.1 Å². The van der Waals surface area contributed by atoms with Crippen molar-refractivity contribution in [3.63, 3.8) is 0 Å². The zero-order valence-electron chi connectivity index (χ0n) is 27.3. The van der Waals surface area contributed by atoms with E-state index >= 15 is 8.78 Å². The Morgan fingerprint density at radius 1 is 0.353 bits per heavy atom. The Morgan fingerprint density at radius 2 is 0.843 bits per heavy atom. The highest BCUT2D eigenvalue weighted by atomic mass is 19.3. The Hall–Kier alpha value is -6.52. The monoisotopic (exact) mass is 658 g/mol. The zero-order valence-corrected chi connectivity index (χ0v) is 27.3. The van der Waals surface area contributed by atoms with Crippen LogP contribution in [0.4, 0.5) is 8.78 Å². The summed E-state index contributed by atoms with van der Waals surface area (Å²) in [5.74, 6) is -2.46. The van der Waals surface area contributed by atoms with Crippen LogP contribution in [0.5, 0.6) is 0 Å². The Morgan fingerprint density at radius 3 is 1.51 bits per heavy atom. The Kier molecular flexibility index (Phi) is 6.49. The number of hydrogen-bond acceptors (Lipinski definition) is 2. The van der Waals surface area contributed by atoms with E-state index in [0.29, 0.717) is 17.0 Å². The zero-order chi connectivity index (χ0) is 34.1. The number of nitrogens with zero attached hydrogens (tertiary/aromatic N) is 2. The second kappa shape index (κ2) is 11.3. The van der Waals surface area contributed by atoms with Crippen molar-refractivity contribution in [2.75, 3.05) is 0 Å². The maximum absolute atomic E-state index is 15.7. The molecule has 2 nitrogen and oxygen atoms in total. The Bertz CT molecular complexity index is 2760. The molecular formula is C47H28F2N2. The van der Waals surface area contributed by atoms with Gasteiger partial charge in [0.25, 0.3) is 5.92 Å². The summed E-state index contributed by atoms with van der Waals surface area (Å²) in [5, 5.41) is 6.51. The average molecular weight is 659 g/mol. The van der Waals surface area contributed by atoms with Gasteiger partial charge in [0.1, 0.15) is 0 Å². The number of rotatable bonds is 4. The molecule has 0 unspecified atom stereocenters. The fraction of sp³-hybridized carbons (Fsp3) is 0.0213. The fourth-order valence-electron chi connectivity index (χ4n) is 7.65. The van der Waals surface area contributed by atoms with Crippen molar-refractivity contribution in [3.05, 3.63) is 181 Å². The van der Waals surface area contributed by atoms with Gasteiger partial charge in [0.05, 0.1) is 11.4 Å². The second-order valence-electron chi connectivity index (χ2n) is 13.2. The van der Waals surface area contributed by atoms with Crippen molar-refractivity contribution in [2.24, 2.45) is 0 Å². The molecular weight excluding hydrogens is 631 g/mol. The standard InChI is InChI=1S/C47H28F2N2/c48-47(49)42-16-8-7-15-39(42)40-22-21-33(27-43(40)47)36-23-24-41(38-14-6-5-13-37(36)38)46-50-44(34-19-17-29-9-1-3-11-31(29)25-34)28-45(51-46)35-20-18-30-10-2-4-12-32(30)26-35/h1-28H. The molecule has 0 N–H and O–H groups in total. The molecule has 1 aliphatic carbocycles. The molecule has 0 atom stereocenters. The number of aromatic nitrogens is 2. The van der Waals surface area contributed by atoms with Crippen molar-refractivity contribution < 1.29 is 8.78 Å². The molecule has 0 fully saturated rings. The van der Waals surface area contributed by atoms with Gasteiger partial charge in [-0.3, -0.25) is 0 Å². The van der Waals surface area contributed by atoms with Crippen molar-refractivity contribution >= 4 is 32.3 Å². The van der Waals surface area contributed by atoms with E-state index in [4.69, 9.17) is 9.97 Å². The van der Waals surface area contributed by atoms with Gasteiger partial charge >= 0.3 is 0 Å². The minimum atomic E-state index is -3.06. The predicted octanol–water partition coefficient (Wildman–Crippen LogP) is 12.7. The van der Waals surface area contributed by atoms with Crippen molar-refractivity contribution in [1.29, 1.82) is 0 Å². The largest absolute Gasteiger partial charge is 0.299 e. The highest BCUT2D eigenvalue weighted by Crippen LogP contribution is 2.52. The molecule has 51 heavy (non-hydrogen) atoms. The summed E-state index contributed by atoms with van der Waals surface area (Å²) in [6.07, 6.45) is 0. The molecule has 0 aliphatic heterocycles. The predicted molar refractivity (Wildman–Crippen MR) is 205 cm³/mol. The van der Waals surface area contributed by atoms with Crippen LogP contribution in [0.3, 0.4) is 0 Å². The van der Waals surface area contributed by atoms with Crippen LogP contribution in [-0.4, -0.2) is 9.97 Å². The highest BCUT2D eigenvalue weighted by molar-refractivity contribution is 6.05. The van der Waals surface area contributed by atoms with Gasteiger partial charge in [0.15, 0.2) is 5.82 Å². The van der Waals surface area contributed by atoms with Crippen LogP contribution in [0.2, 0.25) is 0 Å². The fourth-order valence-corrected chi connectivity index (χ4v) is 7.65. The minimum Gasteiger partial charge on any atom is -0.228 e. The second-order valence-corrected chi connectivity index (χ2v) is 13.2. The van der Waals surface area contributed by atoms with E-state index < -0.39 is 5.92 Å². The number of benzene rings is 8. The maximum Gasteiger partial charge on any atom is 0.299 e. The minimum absolute atomic E-state index is 0.0424. The maximum atomic E-state index is 15.7. The Balaban J connectivity index is 1.15. The molecule has 0 amide bonds. The average Bonchev–Trinajstić information content (AvgIpc) is 3.42. The van der Waals surface area contributed by atoms with E-state index in [1.165, 1.54) is 16.8 Å². The van der Waals surface area contributed by atoms with Crippen LogP contribution in [0.25, 0.3) is 88.5 Å². The third-order valence-corrected chi connectivity index (χ3v) is 10.2. The third kappa shape index (κ3) is 4.75. The lowest BCUT2D eigenvalue weighted by atomic mass is 9.92. The first-order chi connectivity index (χ1) is 25.0. The van der Waals surface area contributed by atoms with Gasteiger partial charge in [-0.25, -0.2) is 9.97 Å². The number of fused-ring (bicyclic) bond motifs is 6. The molecule has 0 saturated heterocycles. The van der Waals surface area contributed by atoms with Crippen molar-refractivity contribution in [3.8, 4) is 56.2 Å². The lowest BCUT2D eigenvalue weighted by molar-refractivity contribution is 0.0480. The highest BCUT2D eigenvalue weighted by Gasteiger charge is 2.44. The van der Waals surface area contributed by atoms with Crippen molar-refractivity contribution in [2.45, 2.75) is 5.92 Å². The summed E-state index contributed by atoms with van der Waals surface area (Å²) >= 11 is 0. The van der Waals surface area contributed by atoms with Crippen LogP contribution in [0.15, 0.2) is 170 Å². The molecule has 0 saturated carbocycles. The molecule has 4 heteroatoms. The third-order valence-electron chi connectivity index (χ3n) is 10.2. The molecule has 1 heterocycles. The van der Waals surface area contributed by atoms with Crippen molar-refractivity contribution in [1.82, 2.24) is 9.97 Å². The van der Waals surface area contributed by atoms with E-state index in [9.17, 15) is 0 Å². The van der Waals surface area contributed by atoms with E-state index in [2.05, 4.69) is 72.8 Å². The normalized spacial score (nSPS) is 13.1. The first kappa shape index (κ1) is 29.4. The summed E-state index contributed by atoms with van der Waals surface area (Å²) in [4.78, 5) is 10.4.